The van der Waals surface area contributed by atoms with Gasteiger partial charge in [0.1, 0.15) is 5.75 Å². The van der Waals surface area contributed by atoms with Crippen molar-refractivity contribution in [1.29, 1.82) is 0 Å². The zero-order valence-corrected chi connectivity index (χ0v) is 15.3. The second-order valence-corrected chi connectivity index (χ2v) is 6.53. The Bertz CT molecular complexity index is 776. The largest absolute Gasteiger partial charge is 0.573 e. The lowest BCUT2D eigenvalue weighted by Gasteiger charge is -2.35. The van der Waals surface area contributed by atoms with Crippen LogP contribution in [0.3, 0.4) is 0 Å². The predicted octanol–water partition coefficient (Wildman–Crippen LogP) is 3.02. The van der Waals surface area contributed by atoms with E-state index in [4.69, 9.17) is 0 Å². The van der Waals surface area contributed by atoms with Crippen molar-refractivity contribution >= 4 is 11.6 Å². The number of nitrogens with zero attached hydrogens (tertiary/aromatic N) is 2. The van der Waals surface area contributed by atoms with Crippen molar-refractivity contribution in [2.24, 2.45) is 0 Å². The molecular formula is C20H22F3N3O2. The van der Waals surface area contributed by atoms with Crippen LogP contribution in [0.15, 0.2) is 54.6 Å². The van der Waals surface area contributed by atoms with Gasteiger partial charge in [0.2, 0.25) is 5.91 Å². The monoisotopic (exact) mass is 393 g/mol. The number of nitrogens with one attached hydrogen (secondary N) is 1. The van der Waals surface area contributed by atoms with E-state index < -0.39 is 6.36 Å². The van der Waals surface area contributed by atoms with Crippen molar-refractivity contribution in [3.63, 3.8) is 0 Å². The molecule has 2 aromatic carbocycles. The Kier molecular flexibility index (Phi) is 6.41. The molecule has 1 heterocycles. The van der Waals surface area contributed by atoms with Gasteiger partial charge in [-0.25, -0.2) is 0 Å². The van der Waals surface area contributed by atoms with Crippen LogP contribution in [0.2, 0.25) is 0 Å². The third-order valence-corrected chi connectivity index (χ3v) is 4.54. The molecule has 1 aliphatic heterocycles. The number of anilines is 1. The molecule has 1 aliphatic rings. The van der Waals surface area contributed by atoms with Crippen LogP contribution in [-0.2, 0) is 11.3 Å². The standard InChI is InChI=1S/C20H22F3N3O2/c21-20(22,23)28-18-9-5-4-6-16(18)14-24-19(27)15-25-10-12-26(13-11-25)17-7-2-1-3-8-17/h1-9H,10-15H2,(H,24,27). The number of rotatable bonds is 6. The van der Waals surface area contributed by atoms with Crippen molar-refractivity contribution in [3.05, 3.63) is 60.2 Å². The average Bonchev–Trinajstić information content (AvgIpc) is 2.67. The summed E-state index contributed by atoms with van der Waals surface area (Å²) in [6.45, 7) is 3.32. The summed E-state index contributed by atoms with van der Waals surface area (Å²) >= 11 is 0. The van der Waals surface area contributed by atoms with Gasteiger partial charge in [0.15, 0.2) is 0 Å². The van der Waals surface area contributed by atoms with Gasteiger partial charge in [-0.2, -0.15) is 0 Å². The average molecular weight is 393 g/mol. The van der Waals surface area contributed by atoms with Crippen LogP contribution in [0.4, 0.5) is 18.9 Å². The quantitative estimate of drug-likeness (QED) is 0.820. The summed E-state index contributed by atoms with van der Waals surface area (Å²) in [4.78, 5) is 16.5. The van der Waals surface area contributed by atoms with Crippen LogP contribution >= 0.6 is 0 Å². The lowest BCUT2D eigenvalue weighted by Crippen LogP contribution is -2.49. The van der Waals surface area contributed by atoms with E-state index in [1.54, 1.807) is 6.07 Å². The second-order valence-electron chi connectivity index (χ2n) is 6.53. The number of benzene rings is 2. The van der Waals surface area contributed by atoms with E-state index in [1.165, 1.54) is 18.2 Å². The third kappa shape index (κ3) is 5.88. The highest BCUT2D eigenvalue weighted by molar-refractivity contribution is 5.78. The minimum atomic E-state index is -4.77. The van der Waals surface area contributed by atoms with Gasteiger partial charge >= 0.3 is 6.36 Å². The molecule has 8 heteroatoms. The van der Waals surface area contributed by atoms with Gasteiger partial charge in [0.05, 0.1) is 6.54 Å². The number of carbonyl (C=O) groups excluding carboxylic acids is 1. The van der Waals surface area contributed by atoms with Crippen molar-refractivity contribution in [2.75, 3.05) is 37.6 Å². The van der Waals surface area contributed by atoms with Crippen LogP contribution in [-0.4, -0.2) is 49.9 Å². The number of ether oxygens (including phenoxy) is 1. The molecule has 0 spiro atoms. The number of hydrogen-bond donors (Lipinski definition) is 1. The van der Waals surface area contributed by atoms with Crippen LogP contribution in [0, 0.1) is 0 Å². The van der Waals surface area contributed by atoms with E-state index in [0.717, 1.165) is 31.9 Å². The molecule has 5 nitrogen and oxygen atoms in total. The Balaban J connectivity index is 1.46. The summed E-state index contributed by atoms with van der Waals surface area (Å²) in [5.74, 6) is -0.526. The van der Waals surface area contributed by atoms with Gasteiger partial charge < -0.3 is 15.0 Å². The van der Waals surface area contributed by atoms with Crippen molar-refractivity contribution in [3.8, 4) is 5.75 Å². The van der Waals surface area contributed by atoms with E-state index in [2.05, 4.69) is 27.1 Å². The smallest absolute Gasteiger partial charge is 0.405 e. The molecule has 2 aromatic rings. The molecule has 1 saturated heterocycles. The summed E-state index contributed by atoms with van der Waals surface area (Å²) in [7, 11) is 0. The fourth-order valence-corrected chi connectivity index (χ4v) is 3.13. The molecule has 1 N–H and O–H groups in total. The first kappa shape index (κ1) is 20.0. The molecule has 28 heavy (non-hydrogen) atoms. The summed E-state index contributed by atoms with van der Waals surface area (Å²) in [5.41, 5.74) is 1.44. The Labute approximate surface area is 161 Å². The summed E-state index contributed by atoms with van der Waals surface area (Å²) in [6, 6.07) is 15.9. The fraction of sp³-hybridized carbons (Fsp3) is 0.350. The van der Waals surface area contributed by atoms with E-state index in [-0.39, 0.29) is 30.3 Å². The molecule has 1 fully saturated rings. The van der Waals surface area contributed by atoms with E-state index in [9.17, 15) is 18.0 Å². The van der Waals surface area contributed by atoms with Gasteiger partial charge in [0.25, 0.3) is 0 Å². The van der Waals surface area contributed by atoms with E-state index >= 15 is 0 Å². The molecule has 0 unspecified atom stereocenters. The summed E-state index contributed by atoms with van der Waals surface area (Å²) in [6.07, 6.45) is -4.77. The normalized spacial score (nSPS) is 15.3. The number of hydrogen-bond acceptors (Lipinski definition) is 4. The summed E-state index contributed by atoms with van der Waals surface area (Å²) in [5, 5.41) is 2.67. The Morgan fingerprint density at radius 2 is 1.61 bits per heavy atom. The first-order chi connectivity index (χ1) is 13.4. The van der Waals surface area contributed by atoms with Gasteiger partial charge in [-0.3, -0.25) is 9.69 Å². The number of amides is 1. The molecule has 0 radical (unpaired) electrons. The van der Waals surface area contributed by atoms with Crippen LogP contribution in [0.1, 0.15) is 5.56 Å². The number of para-hydroxylation sites is 2. The molecular weight excluding hydrogens is 371 g/mol. The van der Waals surface area contributed by atoms with Crippen molar-refractivity contribution < 1.29 is 22.7 Å². The first-order valence-corrected chi connectivity index (χ1v) is 9.03. The van der Waals surface area contributed by atoms with E-state index in [0.29, 0.717) is 0 Å². The molecule has 0 saturated carbocycles. The number of carbonyl (C=O) groups is 1. The first-order valence-electron chi connectivity index (χ1n) is 9.03. The topological polar surface area (TPSA) is 44.8 Å². The van der Waals surface area contributed by atoms with Crippen LogP contribution in [0.5, 0.6) is 5.75 Å². The molecule has 1 amide bonds. The molecule has 0 bridgehead atoms. The fourth-order valence-electron chi connectivity index (χ4n) is 3.13. The molecule has 0 aromatic heterocycles. The molecule has 0 aliphatic carbocycles. The maximum atomic E-state index is 12.5. The van der Waals surface area contributed by atoms with Crippen LogP contribution in [0.25, 0.3) is 0 Å². The molecule has 3 rings (SSSR count). The second kappa shape index (κ2) is 8.97. The zero-order valence-electron chi connectivity index (χ0n) is 15.3. The highest BCUT2D eigenvalue weighted by Gasteiger charge is 2.32. The predicted molar refractivity (Wildman–Crippen MR) is 100 cm³/mol. The van der Waals surface area contributed by atoms with E-state index in [1.807, 2.05) is 23.1 Å². The Hall–Kier alpha value is -2.74. The number of alkyl halides is 3. The van der Waals surface area contributed by atoms with Crippen LogP contribution < -0.4 is 15.0 Å². The van der Waals surface area contributed by atoms with Gasteiger partial charge in [-0.05, 0) is 18.2 Å². The number of piperazine rings is 1. The van der Waals surface area contributed by atoms with Crippen molar-refractivity contribution in [1.82, 2.24) is 10.2 Å². The maximum absolute atomic E-state index is 12.5. The minimum absolute atomic E-state index is 0.0188. The molecule has 150 valence electrons. The minimum Gasteiger partial charge on any atom is -0.405 e. The highest BCUT2D eigenvalue weighted by atomic mass is 19.4. The van der Waals surface area contributed by atoms with Gasteiger partial charge in [-0.1, -0.05) is 36.4 Å². The van der Waals surface area contributed by atoms with Crippen molar-refractivity contribution in [2.45, 2.75) is 12.9 Å². The Morgan fingerprint density at radius 1 is 0.964 bits per heavy atom. The lowest BCUT2D eigenvalue weighted by molar-refractivity contribution is -0.274. The lowest BCUT2D eigenvalue weighted by atomic mass is 10.2. The summed E-state index contributed by atoms with van der Waals surface area (Å²) < 4.78 is 41.4. The Morgan fingerprint density at radius 3 is 2.29 bits per heavy atom. The number of halogens is 3. The van der Waals surface area contributed by atoms with Gasteiger partial charge in [0, 0.05) is 44.0 Å². The highest BCUT2D eigenvalue weighted by Crippen LogP contribution is 2.26. The maximum Gasteiger partial charge on any atom is 0.573 e. The third-order valence-electron chi connectivity index (χ3n) is 4.54. The van der Waals surface area contributed by atoms with Gasteiger partial charge in [-0.15, -0.1) is 13.2 Å². The zero-order chi connectivity index (χ0) is 20.0. The molecule has 0 atom stereocenters. The SMILES string of the molecule is O=C(CN1CCN(c2ccccc2)CC1)NCc1ccccc1OC(F)(F)F.